The molecule has 0 spiro atoms. The van der Waals surface area contributed by atoms with Gasteiger partial charge in [0.25, 0.3) is 0 Å². The van der Waals surface area contributed by atoms with E-state index in [1.54, 1.807) is 23.7 Å². The maximum Gasteiger partial charge on any atom is 0.219 e. The number of pyridine rings is 1. The molecule has 4 heterocycles. The topological polar surface area (TPSA) is 103 Å². The highest BCUT2D eigenvalue weighted by molar-refractivity contribution is 7.99. The van der Waals surface area contributed by atoms with Crippen molar-refractivity contribution in [1.82, 2.24) is 24.3 Å². The molecule has 5 rings (SSSR count). The maximum absolute atomic E-state index is 13.7. The lowest BCUT2D eigenvalue weighted by atomic mass is 9.98. The number of carbonyl (C=O) groups excluding carboxylic acids is 1. The van der Waals surface area contributed by atoms with Gasteiger partial charge in [-0.2, -0.15) is 20.7 Å². The Kier molecular flexibility index (Phi) is 6.21. The zero-order valence-electron chi connectivity index (χ0n) is 19.7. The minimum Gasteiger partial charge on any atom is -0.340 e. The summed E-state index contributed by atoms with van der Waals surface area (Å²) in [6.45, 7) is 4.37. The van der Waals surface area contributed by atoms with Crippen LogP contribution < -0.4 is 0 Å². The number of nitriles is 2. The van der Waals surface area contributed by atoms with E-state index in [1.165, 1.54) is 30.1 Å². The summed E-state index contributed by atoms with van der Waals surface area (Å²) in [5, 5.41) is 28.1. The van der Waals surface area contributed by atoms with Crippen LogP contribution in [0.25, 0.3) is 16.6 Å². The third-order valence-electron chi connectivity index (χ3n) is 6.54. The van der Waals surface area contributed by atoms with E-state index >= 15 is 0 Å². The number of rotatable bonds is 4. The van der Waals surface area contributed by atoms with Crippen molar-refractivity contribution in [1.29, 1.82) is 10.5 Å². The molecule has 3 aromatic heterocycles. The summed E-state index contributed by atoms with van der Waals surface area (Å²) in [6, 6.07) is 10.6. The number of halogens is 1. The second-order valence-corrected chi connectivity index (χ2v) is 9.94. The van der Waals surface area contributed by atoms with Crippen molar-refractivity contribution in [2.75, 3.05) is 6.54 Å². The van der Waals surface area contributed by atoms with Crippen molar-refractivity contribution in [3.05, 3.63) is 66.0 Å². The van der Waals surface area contributed by atoms with Crippen LogP contribution in [0.4, 0.5) is 4.39 Å². The third kappa shape index (κ3) is 4.32. The summed E-state index contributed by atoms with van der Waals surface area (Å²) in [7, 11) is 0. The molecule has 1 unspecified atom stereocenters. The Morgan fingerprint density at radius 2 is 1.89 bits per heavy atom. The molecule has 10 heteroatoms. The average molecular weight is 500 g/mol. The molecule has 1 amide bonds. The predicted octanol–water partition coefficient (Wildman–Crippen LogP) is 4.80. The highest BCUT2D eigenvalue weighted by atomic mass is 32.2. The summed E-state index contributed by atoms with van der Waals surface area (Å²) < 4.78 is 17.3. The van der Waals surface area contributed by atoms with E-state index in [-0.39, 0.29) is 23.6 Å². The van der Waals surface area contributed by atoms with Crippen molar-refractivity contribution in [2.45, 2.75) is 48.6 Å². The van der Waals surface area contributed by atoms with Crippen LogP contribution in [-0.4, -0.2) is 42.8 Å². The first-order valence-corrected chi connectivity index (χ1v) is 12.3. The van der Waals surface area contributed by atoms with E-state index in [2.05, 4.69) is 23.2 Å². The lowest BCUT2D eigenvalue weighted by Gasteiger charge is -2.37. The van der Waals surface area contributed by atoms with Crippen LogP contribution in [0, 0.1) is 28.5 Å². The van der Waals surface area contributed by atoms with Gasteiger partial charge in [0.2, 0.25) is 5.91 Å². The fraction of sp³-hybridized carbons (Fsp3) is 0.269. The summed E-state index contributed by atoms with van der Waals surface area (Å²) in [6.07, 6.45) is 8.80. The lowest BCUT2D eigenvalue weighted by Crippen LogP contribution is -2.44. The van der Waals surface area contributed by atoms with Gasteiger partial charge in [0, 0.05) is 52.8 Å². The number of hydrogen-bond donors (Lipinski definition) is 0. The Morgan fingerprint density at radius 3 is 2.61 bits per heavy atom. The molecule has 8 nitrogen and oxygen atoms in total. The standard InChI is InChI=1S/C26H22FN7OS/c1-16-7-23(5-6-32(16)17(2)35)33-15-21(13-30-33)19-9-25(26-20(11-29)12-31-34(26)14-19)36-24-4-3-22(27)8-18(24)10-28/h3-4,8-9,12-16,23H,5-7H2,1-2H3/t16-,23?/m1/s1. The predicted molar refractivity (Wildman–Crippen MR) is 131 cm³/mol. The highest BCUT2D eigenvalue weighted by Crippen LogP contribution is 2.37. The first-order chi connectivity index (χ1) is 17.4. The molecule has 4 aromatic rings. The van der Waals surface area contributed by atoms with Gasteiger partial charge in [-0.05, 0) is 44.0 Å². The van der Waals surface area contributed by atoms with E-state index in [4.69, 9.17) is 0 Å². The average Bonchev–Trinajstić information content (AvgIpc) is 3.52. The van der Waals surface area contributed by atoms with Crippen molar-refractivity contribution in [2.24, 2.45) is 0 Å². The second kappa shape index (κ2) is 9.48. The molecule has 36 heavy (non-hydrogen) atoms. The van der Waals surface area contributed by atoms with Gasteiger partial charge in [-0.1, -0.05) is 11.8 Å². The van der Waals surface area contributed by atoms with Crippen molar-refractivity contribution in [3.8, 4) is 23.3 Å². The van der Waals surface area contributed by atoms with Crippen LogP contribution in [0.15, 0.2) is 58.8 Å². The monoisotopic (exact) mass is 499 g/mol. The number of likely N-dealkylation sites (tertiary alicyclic amines) is 1. The number of benzene rings is 1. The van der Waals surface area contributed by atoms with Gasteiger partial charge in [-0.25, -0.2) is 8.91 Å². The molecule has 0 saturated carbocycles. The van der Waals surface area contributed by atoms with E-state index < -0.39 is 5.82 Å². The molecule has 0 N–H and O–H groups in total. The smallest absolute Gasteiger partial charge is 0.219 e. The minimum atomic E-state index is -0.479. The van der Waals surface area contributed by atoms with E-state index in [1.807, 2.05) is 34.1 Å². The Hall–Kier alpha value is -4.15. The van der Waals surface area contributed by atoms with Crippen LogP contribution in [0.5, 0.6) is 0 Å². The largest absolute Gasteiger partial charge is 0.340 e. The van der Waals surface area contributed by atoms with Gasteiger partial charge in [-0.3, -0.25) is 9.48 Å². The molecule has 2 atom stereocenters. The van der Waals surface area contributed by atoms with Crippen molar-refractivity contribution < 1.29 is 9.18 Å². The SMILES string of the molecule is CC(=O)N1CCC(n2cc(-c3cc(Sc4ccc(F)cc4C#N)c4c(C#N)cnn4c3)cn2)C[C@H]1C. The van der Waals surface area contributed by atoms with Crippen LogP contribution >= 0.6 is 11.8 Å². The molecule has 1 saturated heterocycles. The Balaban J connectivity index is 1.51. The molecule has 1 aromatic carbocycles. The van der Waals surface area contributed by atoms with E-state index in [0.717, 1.165) is 28.9 Å². The second-order valence-electron chi connectivity index (χ2n) is 8.86. The Bertz CT molecular complexity index is 1560. The molecular weight excluding hydrogens is 477 g/mol. The number of piperidine rings is 1. The third-order valence-corrected chi connectivity index (χ3v) is 7.65. The lowest BCUT2D eigenvalue weighted by molar-refractivity contribution is -0.132. The van der Waals surface area contributed by atoms with Gasteiger partial charge in [0.05, 0.1) is 35.1 Å². The normalized spacial score (nSPS) is 17.6. The molecule has 1 aliphatic rings. The van der Waals surface area contributed by atoms with Gasteiger partial charge < -0.3 is 4.90 Å². The number of aromatic nitrogens is 4. The van der Waals surface area contributed by atoms with Crippen LogP contribution in [-0.2, 0) is 4.79 Å². The number of nitrogens with zero attached hydrogens (tertiary/aromatic N) is 7. The Labute approximate surface area is 211 Å². The summed E-state index contributed by atoms with van der Waals surface area (Å²) >= 11 is 1.29. The van der Waals surface area contributed by atoms with Crippen LogP contribution in [0.3, 0.4) is 0 Å². The molecule has 0 bridgehead atoms. The van der Waals surface area contributed by atoms with Crippen LogP contribution in [0.1, 0.15) is 43.9 Å². The van der Waals surface area contributed by atoms with Gasteiger partial charge in [0.1, 0.15) is 18.0 Å². The number of hydrogen-bond acceptors (Lipinski definition) is 6. The molecule has 1 aliphatic heterocycles. The first kappa shape index (κ1) is 23.6. The summed E-state index contributed by atoms with van der Waals surface area (Å²) in [5.41, 5.74) is 2.98. The van der Waals surface area contributed by atoms with Crippen molar-refractivity contribution in [3.63, 3.8) is 0 Å². The van der Waals surface area contributed by atoms with Gasteiger partial charge >= 0.3 is 0 Å². The number of carbonyl (C=O) groups is 1. The number of amides is 1. The molecule has 0 aliphatic carbocycles. The number of fused-ring (bicyclic) bond motifs is 1. The first-order valence-electron chi connectivity index (χ1n) is 11.5. The zero-order chi connectivity index (χ0) is 25.4. The fourth-order valence-electron chi connectivity index (χ4n) is 4.74. The van der Waals surface area contributed by atoms with E-state index in [9.17, 15) is 19.7 Å². The van der Waals surface area contributed by atoms with Gasteiger partial charge in [-0.15, -0.1) is 0 Å². The highest BCUT2D eigenvalue weighted by Gasteiger charge is 2.28. The summed E-state index contributed by atoms with van der Waals surface area (Å²) in [5.74, 6) is -0.384. The van der Waals surface area contributed by atoms with E-state index in [0.29, 0.717) is 22.5 Å². The fourth-order valence-corrected chi connectivity index (χ4v) is 5.81. The molecule has 180 valence electrons. The van der Waals surface area contributed by atoms with Crippen LogP contribution in [0.2, 0.25) is 0 Å². The Morgan fingerprint density at radius 1 is 1.08 bits per heavy atom. The van der Waals surface area contributed by atoms with Crippen molar-refractivity contribution >= 4 is 23.2 Å². The quantitative estimate of drug-likeness (QED) is 0.399. The summed E-state index contributed by atoms with van der Waals surface area (Å²) in [4.78, 5) is 15.0. The van der Waals surface area contributed by atoms with Gasteiger partial charge in [0.15, 0.2) is 0 Å². The maximum atomic E-state index is 13.7. The molecule has 0 radical (unpaired) electrons. The molecule has 1 fully saturated rings. The zero-order valence-corrected chi connectivity index (χ0v) is 20.5. The molecular formula is C26H22FN7OS. The minimum absolute atomic E-state index is 0.0945.